The van der Waals surface area contributed by atoms with E-state index in [1.807, 2.05) is 13.0 Å². The minimum Gasteiger partial charge on any atom is -0.389 e. The molecule has 0 radical (unpaired) electrons. The van der Waals surface area contributed by atoms with Gasteiger partial charge in [-0.3, -0.25) is 9.36 Å². The van der Waals surface area contributed by atoms with Crippen LogP contribution in [-0.4, -0.2) is 53.1 Å². The van der Waals surface area contributed by atoms with E-state index in [1.165, 1.54) is 18.1 Å². The van der Waals surface area contributed by atoms with Crippen molar-refractivity contribution in [3.8, 4) is 0 Å². The van der Waals surface area contributed by atoms with Crippen molar-refractivity contribution < 1.29 is 15.0 Å². The summed E-state index contributed by atoms with van der Waals surface area (Å²) in [5.74, 6) is 0.0135. The van der Waals surface area contributed by atoms with Crippen LogP contribution in [-0.2, 0) is 0 Å². The SMILES string of the molecule is CC[C@H]1S[C@@H](n2cnc3c(NC(=O)c4ccccc4)ncnc32)[C@H](O)[C@@H]1O. The highest BCUT2D eigenvalue weighted by atomic mass is 32.2. The fraction of sp³-hybridized carbons (Fsp3) is 0.333. The van der Waals surface area contributed by atoms with Crippen molar-refractivity contribution >= 4 is 34.7 Å². The molecule has 3 aromatic rings. The number of hydrogen-bond acceptors (Lipinski definition) is 7. The standard InChI is InChI=1S/C18H19N5O3S/c1-2-11-13(24)14(25)18(27-11)23-9-21-12-15(19-8-20-16(12)23)22-17(26)10-6-4-3-5-7-10/h3-9,11,13-14,18,24-25H,2H2,1H3,(H,19,20,22,26)/t11-,13-,14-,18-/m1/s1. The molecule has 4 atom stereocenters. The van der Waals surface area contributed by atoms with Gasteiger partial charge in [0, 0.05) is 10.8 Å². The molecule has 0 unspecified atom stereocenters. The maximum atomic E-state index is 12.4. The second-order valence-electron chi connectivity index (χ2n) is 6.32. The average Bonchev–Trinajstić information content (AvgIpc) is 3.25. The third-order valence-corrected chi connectivity index (χ3v) is 6.39. The van der Waals surface area contributed by atoms with Gasteiger partial charge in [0.1, 0.15) is 17.8 Å². The lowest BCUT2D eigenvalue weighted by atomic mass is 10.1. The number of imidazole rings is 1. The van der Waals surface area contributed by atoms with E-state index >= 15 is 0 Å². The minimum atomic E-state index is -0.922. The van der Waals surface area contributed by atoms with E-state index in [0.29, 0.717) is 22.5 Å². The molecule has 8 nitrogen and oxygen atoms in total. The molecule has 9 heteroatoms. The zero-order chi connectivity index (χ0) is 19.0. The zero-order valence-electron chi connectivity index (χ0n) is 14.6. The van der Waals surface area contributed by atoms with Crippen molar-refractivity contribution in [2.75, 3.05) is 5.32 Å². The summed E-state index contributed by atoms with van der Waals surface area (Å²) >= 11 is 1.49. The summed E-state index contributed by atoms with van der Waals surface area (Å²) < 4.78 is 1.73. The third kappa shape index (κ3) is 3.18. The number of aromatic nitrogens is 4. The molecule has 4 rings (SSSR count). The predicted octanol–water partition coefficient (Wildman–Crippen LogP) is 1.82. The van der Waals surface area contributed by atoms with Gasteiger partial charge in [-0.25, -0.2) is 15.0 Å². The summed E-state index contributed by atoms with van der Waals surface area (Å²) in [6.45, 7) is 1.97. The van der Waals surface area contributed by atoms with Crippen molar-refractivity contribution in [1.29, 1.82) is 0 Å². The van der Waals surface area contributed by atoms with E-state index in [9.17, 15) is 15.0 Å². The van der Waals surface area contributed by atoms with Gasteiger partial charge in [-0.2, -0.15) is 0 Å². The topological polar surface area (TPSA) is 113 Å². The Kier molecular flexibility index (Phi) is 4.81. The normalized spacial score (nSPS) is 25.0. The molecule has 1 amide bonds. The summed E-state index contributed by atoms with van der Waals surface area (Å²) in [5, 5.41) is 22.9. The molecule has 0 saturated carbocycles. The molecule has 3 heterocycles. The van der Waals surface area contributed by atoms with Crippen LogP contribution in [0.2, 0.25) is 0 Å². The van der Waals surface area contributed by atoms with Crippen molar-refractivity contribution in [3.63, 3.8) is 0 Å². The van der Waals surface area contributed by atoms with Crippen LogP contribution in [0.4, 0.5) is 5.82 Å². The first-order valence-corrected chi connectivity index (χ1v) is 9.60. The Morgan fingerprint density at radius 3 is 2.67 bits per heavy atom. The number of nitrogens with zero attached hydrogens (tertiary/aromatic N) is 4. The first kappa shape index (κ1) is 17.9. The number of fused-ring (bicyclic) bond motifs is 1. The molecular weight excluding hydrogens is 366 g/mol. The number of hydrogen-bond donors (Lipinski definition) is 3. The monoisotopic (exact) mass is 385 g/mol. The smallest absolute Gasteiger partial charge is 0.256 e. The lowest BCUT2D eigenvalue weighted by Gasteiger charge is -2.17. The number of aliphatic hydroxyl groups is 2. The van der Waals surface area contributed by atoms with Gasteiger partial charge in [-0.1, -0.05) is 25.1 Å². The van der Waals surface area contributed by atoms with Crippen molar-refractivity contribution in [3.05, 3.63) is 48.5 Å². The molecule has 0 bridgehead atoms. The van der Waals surface area contributed by atoms with Gasteiger partial charge in [0.15, 0.2) is 17.0 Å². The average molecular weight is 385 g/mol. The molecule has 2 aromatic heterocycles. The summed E-state index contributed by atoms with van der Waals surface area (Å²) in [6.07, 6.45) is 1.93. The fourth-order valence-electron chi connectivity index (χ4n) is 3.20. The Labute approximate surface area is 159 Å². The van der Waals surface area contributed by atoms with E-state index in [2.05, 4.69) is 20.3 Å². The Bertz CT molecular complexity index is 964. The van der Waals surface area contributed by atoms with E-state index in [4.69, 9.17) is 0 Å². The number of rotatable bonds is 4. The van der Waals surface area contributed by atoms with E-state index in [1.54, 1.807) is 35.2 Å². The number of amides is 1. The van der Waals surface area contributed by atoms with Crippen LogP contribution in [0.5, 0.6) is 0 Å². The summed E-state index contributed by atoms with van der Waals surface area (Å²) in [6, 6.07) is 8.83. The molecule has 0 spiro atoms. The Morgan fingerprint density at radius 2 is 1.96 bits per heavy atom. The third-order valence-electron chi connectivity index (χ3n) is 4.64. The van der Waals surface area contributed by atoms with Crippen LogP contribution in [0, 0.1) is 0 Å². The minimum absolute atomic E-state index is 0.0541. The van der Waals surface area contributed by atoms with Gasteiger partial charge >= 0.3 is 0 Å². The first-order chi connectivity index (χ1) is 13.1. The van der Waals surface area contributed by atoms with Crippen LogP contribution < -0.4 is 5.32 Å². The van der Waals surface area contributed by atoms with E-state index in [-0.39, 0.29) is 11.2 Å². The van der Waals surface area contributed by atoms with Gasteiger partial charge < -0.3 is 15.5 Å². The van der Waals surface area contributed by atoms with E-state index < -0.39 is 17.6 Å². The number of carbonyl (C=O) groups excluding carboxylic acids is 1. The van der Waals surface area contributed by atoms with Gasteiger partial charge in [0.2, 0.25) is 0 Å². The van der Waals surface area contributed by atoms with Crippen LogP contribution in [0.25, 0.3) is 11.2 Å². The number of benzene rings is 1. The number of thioether (sulfide) groups is 1. The molecule has 1 aliphatic rings. The summed E-state index contributed by atoms with van der Waals surface area (Å²) in [5.41, 5.74) is 1.44. The maximum absolute atomic E-state index is 12.4. The number of carbonyl (C=O) groups is 1. The number of aliphatic hydroxyl groups excluding tert-OH is 2. The van der Waals surface area contributed by atoms with Crippen molar-refractivity contribution in [2.45, 2.75) is 36.2 Å². The Morgan fingerprint density at radius 1 is 1.19 bits per heavy atom. The van der Waals surface area contributed by atoms with Gasteiger partial charge in [0.25, 0.3) is 5.91 Å². The van der Waals surface area contributed by atoms with Gasteiger partial charge in [-0.05, 0) is 18.6 Å². The van der Waals surface area contributed by atoms with Crippen LogP contribution in [0.3, 0.4) is 0 Å². The lowest BCUT2D eigenvalue weighted by molar-refractivity contribution is 0.0181. The summed E-state index contributed by atoms with van der Waals surface area (Å²) in [4.78, 5) is 25.2. The highest BCUT2D eigenvalue weighted by molar-refractivity contribution is 8.00. The van der Waals surface area contributed by atoms with Gasteiger partial charge in [-0.15, -0.1) is 11.8 Å². The maximum Gasteiger partial charge on any atom is 0.256 e. The second-order valence-corrected chi connectivity index (χ2v) is 7.68. The van der Waals surface area contributed by atoms with Crippen LogP contribution in [0.1, 0.15) is 29.1 Å². The Balaban J connectivity index is 1.65. The fourth-order valence-corrected chi connectivity index (χ4v) is 4.68. The molecule has 1 fully saturated rings. The van der Waals surface area contributed by atoms with Crippen molar-refractivity contribution in [1.82, 2.24) is 19.5 Å². The largest absolute Gasteiger partial charge is 0.389 e. The van der Waals surface area contributed by atoms with Crippen LogP contribution >= 0.6 is 11.8 Å². The second kappa shape index (κ2) is 7.26. The highest BCUT2D eigenvalue weighted by Gasteiger charge is 2.42. The number of anilines is 1. The quantitative estimate of drug-likeness (QED) is 0.628. The Hall–Kier alpha value is -2.49. The molecular formula is C18H19N5O3S. The predicted molar refractivity (Wildman–Crippen MR) is 102 cm³/mol. The molecule has 140 valence electrons. The highest BCUT2D eigenvalue weighted by Crippen LogP contribution is 2.44. The van der Waals surface area contributed by atoms with Crippen LogP contribution in [0.15, 0.2) is 43.0 Å². The van der Waals surface area contributed by atoms with Gasteiger partial charge in [0.05, 0.1) is 12.4 Å². The zero-order valence-corrected chi connectivity index (χ0v) is 15.4. The lowest BCUT2D eigenvalue weighted by Crippen LogP contribution is -2.31. The molecule has 1 saturated heterocycles. The first-order valence-electron chi connectivity index (χ1n) is 8.65. The number of nitrogens with one attached hydrogen (secondary N) is 1. The molecule has 27 heavy (non-hydrogen) atoms. The van der Waals surface area contributed by atoms with E-state index in [0.717, 1.165) is 6.42 Å². The molecule has 3 N–H and O–H groups in total. The molecule has 1 aromatic carbocycles. The molecule has 1 aliphatic heterocycles. The van der Waals surface area contributed by atoms with Crippen molar-refractivity contribution in [2.24, 2.45) is 0 Å². The molecule has 0 aliphatic carbocycles. The summed E-state index contributed by atoms with van der Waals surface area (Å²) in [7, 11) is 0.